The lowest BCUT2D eigenvalue weighted by molar-refractivity contribution is 0.0231. The summed E-state index contributed by atoms with van der Waals surface area (Å²) in [5.74, 6) is 1.26. The normalized spacial score (nSPS) is 15.6. The van der Waals surface area contributed by atoms with Crippen LogP contribution in [0, 0.1) is 24.2 Å². The molecule has 9 nitrogen and oxygen atoms in total. The van der Waals surface area contributed by atoms with Crippen molar-refractivity contribution < 1.29 is 9.84 Å². The van der Waals surface area contributed by atoms with E-state index < -0.39 is 5.60 Å². The Balaban J connectivity index is 1.36. The van der Waals surface area contributed by atoms with E-state index in [2.05, 4.69) is 31.2 Å². The fourth-order valence-electron chi connectivity index (χ4n) is 4.41. The molecule has 0 bridgehead atoms. The maximum absolute atomic E-state index is 10.0. The van der Waals surface area contributed by atoms with E-state index in [1.165, 1.54) is 0 Å². The number of likely N-dealkylation sites (tertiary alicyclic amines) is 1. The van der Waals surface area contributed by atoms with Gasteiger partial charge in [0.2, 0.25) is 5.88 Å². The van der Waals surface area contributed by atoms with E-state index in [4.69, 9.17) is 4.74 Å². The summed E-state index contributed by atoms with van der Waals surface area (Å²) < 4.78 is 7.63. The molecule has 1 saturated heterocycles. The quantitative estimate of drug-likeness (QED) is 0.586. The molecule has 1 aliphatic heterocycles. The van der Waals surface area contributed by atoms with Crippen molar-refractivity contribution in [1.29, 1.82) is 5.26 Å². The van der Waals surface area contributed by atoms with E-state index in [0.29, 0.717) is 29.6 Å². The Hall–Kier alpha value is -3.09. The highest BCUT2D eigenvalue weighted by Gasteiger charge is 2.24. The molecule has 0 aliphatic carbocycles. The highest BCUT2D eigenvalue weighted by atomic mass is 16.5. The van der Waals surface area contributed by atoms with Crippen molar-refractivity contribution in [3.63, 3.8) is 0 Å². The largest absolute Gasteiger partial charge is 0.477 e. The van der Waals surface area contributed by atoms with Crippen molar-refractivity contribution in [3.8, 4) is 23.2 Å². The predicted octanol–water partition coefficient (Wildman–Crippen LogP) is 2.86. The molecular formula is C24H31N7O2. The van der Waals surface area contributed by atoms with Crippen LogP contribution in [0.1, 0.15) is 44.4 Å². The summed E-state index contributed by atoms with van der Waals surface area (Å²) in [4.78, 5) is 11.3. The van der Waals surface area contributed by atoms with E-state index >= 15 is 0 Å². The van der Waals surface area contributed by atoms with Crippen LogP contribution in [-0.2, 0) is 7.05 Å². The molecule has 3 aromatic heterocycles. The Kier molecular flexibility index (Phi) is 6.58. The lowest BCUT2D eigenvalue weighted by atomic mass is 9.93. The van der Waals surface area contributed by atoms with Gasteiger partial charge < -0.3 is 14.7 Å². The van der Waals surface area contributed by atoms with Gasteiger partial charge in [0.25, 0.3) is 0 Å². The van der Waals surface area contributed by atoms with Crippen LogP contribution in [0.15, 0.2) is 18.3 Å². The molecule has 0 unspecified atom stereocenters. The number of nitriles is 1. The smallest absolute Gasteiger partial charge is 0.216 e. The minimum absolute atomic E-state index is 0.252. The zero-order valence-electron chi connectivity index (χ0n) is 19.7. The summed E-state index contributed by atoms with van der Waals surface area (Å²) in [7, 11) is 1.79. The van der Waals surface area contributed by atoms with Crippen LogP contribution in [0.2, 0.25) is 0 Å². The van der Waals surface area contributed by atoms with Crippen molar-refractivity contribution in [2.75, 3.05) is 26.2 Å². The van der Waals surface area contributed by atoms with Crippen molar-refractivity contribution in [2.45, 2.75) is 45.6 Å². The van der Waals surface area contributed by atoms with Gasteiger partial charge in [0, 0.05) is 30.9 Å². The molecular weight excluding hydrogens is 418 g/mol. The Morgan fingerprint density at radius 3 is 2.70 bits per heavy atom. The van der Waals surface area contributed by atoms with E-state index in [9.17, 15) is 10.4 Å². The Morgan fingerprint density at radius 1 is 1.27 bits per heavy atom. The summed E-state index contributed by atoms with van der Waals surface area (Å²) >= 11 is 0. The molecule has 0 saturated carbocycles. The first-order chi connectivity index (χ1) is 15.7. The number of piperidine rings is 1. The lowest BCUT2D eigenvalue weighted by Gasteiger charge is -2.35. The Morgan fingerprint density at radius 2 is 2.03 bits per heavy atom. The first-order valence-corrected chi connectivity index (χ1v) is 11.4. The maximum Gasteiger partial charge on any atom is 0.216 e. The molecule has 1 N–H and O–H groups in total. The number of nitrogens with zero attached hydrogens (tertiary/aromatic N) is 7. The third-order valence-electron chi connectivity index (χ3n) is 6.11. The monoisotopic (exact) mass is 449 g/mol. The summed E-state index contributed by atoms with van der Waals surface area (Å²) in [5.41, 5.74) is 3.26. The highest BCUT2D eigenvalue weighted by molar-refractivity contribution is 5.83. The average molecular weight is 450 g/mol. The van der Waals surface area contributed by atoms with Crippen LogP contribution >= 0.6 is 0 Å². The number of ether oxygens (including phenoxy) is 1. The third kappa shape index (κ3) is 5.46. The molecule has 1 fully saturated rings. The topological polar surface area (TPSA) is 113 Å². The average Bonchev–Trinajstić information content (AvgIpc) is 3.15. The van der Waals surface area contributed by atoms with Crippen LogP contribution < -0.4 is 4.74 Å². The van der Waals surface area contributed by atoms with Gasteiger partial charge in [0.05, 0.1) is 23.4 Å². The van der Waals surface area contributed by atoms with Crippen molar-refractivity contribution in [3.05, 3.63) is 29.6 Å². The van der Waals surface area contributed by atoms with E-state index in [0.717, 1.165) is 55.5 Å². The maximum atomic E-state index is 10.0. The fraction of sp³-hybridized carbons (Fsp3) is 0.542. The second kappa shape index (κ2) is 9.41. The number of aryl methyl sites for hydroxylation is 2. The van der Waals surface area contributed by atoms with Crippen molar-refractivity contribution in [2.24, 2.45) is 13.0 Å². The SMILES string of the molecule is Cc1cc(-c2cc3c(nnn3C)c(C#N)n2)cnc1OCCC1CCN(CC(C)(C)O)CC1. The van der Waals surface area contributed by atoms with Gasteiger partial charge in [-0.3, -0.25) is 0 Å². The molecule has 0 aromatic carbocycles. The van der Waals surface area contributed by atoms with E-state index in [1.807, 2.05) is 32.9 Å². The molecule has 0 amide bonds. The number of pyridine rings is 2. The fourth-order valence-corrected chi connectivity index (χ4v) is 4.41. The second-order valence-electron chi connectivity index (χ2n) is 9.56. The first kappa shape index (κ1) is 23.1. The molecule has 3 aromatic rings. The van der Waals surface area contributed by atoms with Crippen LogP contribution in [0.25, 0.3) is 22.3 Å². The van der Waals surface area contributed by atoms with Gasteiger partial charge in [-0.15, -0.1) is 5.10 Å². The number of rotatable bonds is 7. The summed E-state index contributed by atoms with van der Waals surface area (Å²) in [6.45, 7) is 9.09. The summed E-state index contributed by atoms with van der Waals surface area (Å²) in [6.07, 6.45) is 4.99. The molecule has 1 aliphatic rings. The van der Waals surface area contributed by atoms with Gasteiger partial charge in [0.1, 0.15) is 11.6 Å². The Labute approximate surface area is 194 Å². The molecule has 4 heterocycles. The van der Waals surface area contributed by atoms with Gasteiger partial charge in [-0.2, -0.15) is 5.26 Å². The second-order valence-corrected chi connectivity index (χ2v) is 9.56. The van der Waals surface area contributed by atoms with E-state index in [-0.39, 0.29) is 5.69 Å². The highest BCUT2D eigenvalue weighted by Crippen LogP contribution is 2.27. The minimum atomic E-state index is -0.641. The van der Waals surface area contributed by atoms with E-state index in [1.54, 1.807) is 17.9 Å². The molecule has 33 heavy (non-hydrogen) atoms. The number of aliphatic hydroxyl groups is 1. The van der Waals surface area contributed by atoms with Crippen molar-refractivity contribution >= 4 is 11.0 Å². The van der Waals surface area contributed by atoms with Gasteiger partial charge in [-0.1, -0.05) is 5.21 Å². The standard InChI is InChI=1S/C24H31N7O2/c1-16-11-18(19-12-21-22(20(13-25)27-19)28-29-30(21)4)14-26-23(16)33-10-7-17-5-8-31(9-6-17)15-24(2,3)32/h11-12,14,17,32H,5-10,15H2,1-4H3. The molecule has 4 rings (SSSR count). The number of fused-ring (bicyclic) bond motifs is 1. The number of hydrogen-bond acceptors (Lipinski definition) is 8. The lowest BCUT2D eigenvalue weighted by Crippen LogP contribution is -2.43. The van der Waals surface area contributed by atoms with Crippen LogP contribution in [0.5, 0.6) is 5.88 Å². The zero-order chi connectivity index (χ0) is 23.6. The molecule has 174 valence electrons. The number of β-amino-alcohol motifs (C(OH)–C–C–N with tert-alkyl or cyclic N) is 1. The summed E-state index contributed by atoms with van der Waals surface area (Å²) in [5, 5.41) is 27.5. The first-order valence-electron chi connectivity index (χ1n) is 11.4. The van der Waals surface area contributed by atoms with Crippen LogP contribution in [-0.4, -0.2) is 66.8 Å². The third-order valence-corrected chi connectivity index (χ3v) is 6.11. The van der Waals surface area contributed by atoms with Gasteiger partial charge in [-0.25, -0.2) is 14.6 Å². The number of hydrogen-bond donors (Lipinski definition) is 1. The zero-order valence-corrected chi connectivity index (χ0v) is 19.7. The minimum Gasteiger partial charge on any atom is -0.477 e. The molecule has 0 atom stereocenters. The van der Waals surface area contributed by atoms with Gasteiger partial charge in [0.15, 0.2) is 5.69 Å². The molecule has 9 heteroatoms. The van der Waals surface area contributed by atoms with Gasteiger partial charge in [-0.05, 0) is 71.2 Å². The predicted molar refractivity (Wildman–Crippen MR) is 125 cm³/mol. The Bertz CT molecular complexity index is 1170. The van der Waals surface area contributed by atoms with Crippen molar-refractivity contribution in [1.82, 2.24) is 29.9 Å². The number of aromatic nitrogens is 5. The molecule has 0 spiro atoms. The molecule has 0 radical (unpaired) electrons. The van der Waals surface area contributed by atoms with Gasteiger partial charge >= 0.3 is 0 Å². The van der Waals surface area contributed by atoms with Crippen LogP contribution in [0.3, 0.4) is 0 Å². The van der Waals surface area contributed by atoms with Crippen LogP contribution in [0.4, 0.5) is 0 Å². The summed E-state index contributed by atoms with van der Waals surface area (Å²) in [6, 6.07) is 5.96.